The van der Waals surface area contributed by atoms with E-state index >= 15 is 0 Å². The molecule has 0 saturated carbocycles. The number of rotatable bonds is 13. The van der Waals surface area contributed by atoms with Gasteiger partial charge in [0, 0.05) is 39.0 Å². The van der Waals surface area contributed by atoms with E-state index in [2.05, 4.69) is 10.6 Å². The Hall–Kier alpha value is -1.06. The maximum Gasteiger partial charge on any atom is 0.0963 e. The van der Waals surface area contributed by atoms with Crippen molar-refractivity contribution >= 4 is 11.7 Å². The average Bonchev–Trinajstić information content (AvgIpc) is 2.65. The van der Waals surface area contributed by atoms with Crippen LogP contribution in [0.15, 0.2) is 9.98 Å². The smallest absolute Gasteiger partial charge is 0.0963 e. The highest BCUT2D eigenvalue weighted by atomic mass is 15.0. The summed E-state index contributed by atoms with van der Waals surface area (Å²) in [7, 11) is 0. The lowest BCUT2D eigenvalue weighted by atomic mass is 10.0. The predicted octanol–water partition coefficient (Wildman–Crippen LogP) is 6.01. The molecule has 4 heteroatoms. The van der Waals surface area contributed by atoms with E-state index in [4.69, 9.17) is 9.98 Å². The molecular formula is C24H46N4. The van der Waals surface area contributed by atoms with Crippen molar-refractivity contribution in [2.75, 3.05) is 26.2 Å². The fourth-order valence-corrected chi connectivity index (χ4v) is 4.17. The minimum absolute atomic E-state index is 1.03. The van der Waals surface area contributed by atoms with Crippen LogP contribution in [0.2, 0.25) is 0 Å². The van der Waals surface area contributed by atoms with Gasteiger partial charge in [0.05, 0.1) is 11.7 Å². The van der Waals surface area contributed by atoms with Crippen LogP contribution in [0, 0.1) is 0 Å². The van der Waals surface area contributed by atoms with E-state index in [1.165, 1.54) is 127 Å². The molecular weight excluding hydrogens is 344 g/mol. The van der Waals surface area contributed by atoms with Crippen molar-refractivity contribution in [2.24, 2.45) is 9.98 Å². The molecule has 0 unspecified atom stereocenters. The maximum absolute atomic E-state index is 4.70. The van der Waals surface area contributed by atoms with E-state index < -0.39 is 0 Å². The summed E-state index contributed by atoms with van der Waals surface area (Å²) < 4.78 is 0. The molecule has 0 aromatic heterocycles. The number of nitrogens with one attached hydrogen (secondary N) is 2. The topological polar surface area (TPSA) is 48.8 Å². The standard InChI is InChI=1S/C24H46N4/c1(3-5-7-11-17-23-25-19-13-9-14-20-26-23)2-4-6-8-12-18-24-27-21-15-10-16-22-28-24/h1-22H2,(H,25,26)(H,27,28). The molecule has 28 heavy (non-hydrogen) atoms. The van der Waals surface area contributed by atoms with Crippen LogP contribution in [0.3, 0.4) is 0 Å². The van der Waals surface area contributed by atoms with Gasteiger partial charge in [0.2, 0.25) is 0 Å². The molecule has 0 atom stereocenters. The van der Waals surface area contributed by atoms with Gasteiger partial charge in [-0.25, -0.2) is 0 Å². The summed E-state index contributed by atoms with van der Waals surface area (Å²) in [5.74, 6) is 2.56. The third-order valence-corrected chi connectivity index (χ3v) is 6.01. The van der Waals surface area contributed by atoms with Gasteiger partial charge in [0.25, 0.3) is 0 Å². The second-order valence-corrected chi connectivity index (χ2v) is 8.67. The van der Waals surface area contributed by atoms with Crippen molar-refractivity contribution in [3.05, 3.63) is 0 Å². The number of aliphatic imine (C=N–C) groups is 2. The first-order chi connectivity index (χ1) is 13.9. The fraction of sp³-hybridized carbons (Fsp3) is 0.917. The van der Waals surface area contributed by atoms with Crippen LogP contribution in [0.25, 0.3) is 0 Å². The van der Waals surface area contributed by atoms with Crippen molar-refractivity contribution < 1.29 is 0 Å². The molecule has 0 spiro atoms. The second kappa shape index (κ2) is 16.9. The summed E-state index contributed by atoms with van der Waals surface area (Å²) >= 11 is 0. The molecule has 2 aliphatic rings. The fourth-order valence-electron chi connectivity index (χ4n) is 4.17. The third-order valence-electron chi connectivity index (χ3n) is 6.01. The van der Waals surface area contributed by atoms with Crippen LogP contribution >= 0.6 is 0 Å². The predicted molar refractivity (Wildman–Crippen MR) is 124 cm³/mol. The quantitative estimate of drug-likeness (QED) is 0.378. The molecule has 0 radical (unpaired) electrons. The van der Waals surface area contributed by atoms with Crippen molar-refractivity contribution in [3.63, 3.8) is 0 Å². The van der Waals surface area contributed by atoms with E-state index in [0.29, 0.717) is 0 Å². The molecule has 0 saturated heterocycles. The number of hydrogen-bond donors (Lipinski definition) is 2. The SMILES string of the molecule is C(CCCCCCC1=NCCCCCN1)CCCCCC1=NCCCCCN1. The van der Waals surface area contributed by atoms with Crippen molar-refractivity contribution in [2.45, 2.75) is 116 Å². The Bertz CT molecular complexity index is 390. The summed E-state index contributed by atoms with van der Waals surface area (Å²) in [6.07, 6.45) is 24.0. The summed E-state index contributed by atoms with van der Waals surface area (Å²) in [4.78, 5) is 9.40. The van der Waals surface area contributed by atoms with Crippen LogP contribution in [-0.4, -0.2) is 37.9 Å². The number of amidine groups is 2. The Kier molecular flexibility index (Phi) is 14.0. The van der Waals surface area contributed by atoms with Crippen LogP contribution < -0.4 is 10.6 Å². The van der Waals surface area contributed by atoms with E-state index in [1.54, 1.807) is 0 Å². The molecule has 2 rings (SSSR count). The molecule has 2 N–H and O–H groups in total. The van der Waals surface area contributed by atoms with E-state index in [-0.39, 0.29) is 0 Å². The van der Waals surface area contributed by atoms with Gasteiger partial charge >= 0.3 is 0 Å². The number of unbranched alkanes of at least 4 members (excludes halogenated alkanes) is 9. The molecule has 0 fully saturated rings. The molecule has 2 aliphatic heterocycles. The van der Waals surface area contributed by atoms with Crippen LogP contribution in [-0.2, 0) is 0 Å². The highest BCUT2D eigenvalue weighted by molar-refractivity contribution is 5.82. The molecule has 0 aromatic carbocycles. The van der Waals surface area contributed by atoms with Gasteiger partial charge in [-0.1, -0.05) is 51.4 Å². The molecule has 162 valence electrons. The molecule has 0 amide bonds. The maximum atomic E-state index is 4.70. The van der Waals surface area contributed by atoms with Crippen molar-refractivity contribution in [1.82, 2.24) is 10.6 Å². The van der Waals surface area contributed by atoms with Crippen molar-refractivity contribution in [3.8, 4) is 0 Å². The van der Waals surface area contributed by atoms with E-state index in [1.807, 2.05) is 0 Å². The summed E-state index contributed by atoms with van der Waals surface area (Å²) in [5.41, 5.74) is 0. The van der Waals surface area contributed by atoms with Gasteiger partial charge in [-0.05, 0) is 51.4 Å². The first-order valence-corrected chi connectivity index (χ1v) is 12.5. The normalized spacial score (nSPS) is 18.6. The first kappa shape index (κ1) is 23.2. The van der Waals surface area contributed by atoms with Gasteiger partial charge in [0.1, 0.15) is 0 Å². The summed E-state index contributed by atoms with van der Waals surface area (Å²) in [6, 6.07) is 0. The third kappa shape index (κ3) is 12.4. The summed E-state index contributed by atoms with van der Waals surface area (Å²) in [6.45, 7) is 4.33. The lowest BCUT2D eigenvalue weighted by Crippen LogP contribution is -2.26. The Morgan fingerprint density at radius 2 is 0.857 bits per heavy atom. The Morgan fingerprint density at radius 3 is 1.29 bits per heavy atom. The molecule has 0 aromatic rings. The Balaban J connectivity index is 1.33. The Morgan fingerprint density at radius 1 is 0.464 bits per heavy atom. The molecule has 2 heterocycles. The lowest BCUT2D eigenvalue weighted by molar-refractivity contribution is 0.553. The van der Waals surface area contributed by atoms with Gasteiger partial charge < -0.3 is 10.6 Å². The first-order valence-electron chi connectivity index (χ1n) is 12.5. The van der Waals surface area contributed by atoms with Gasteiger partial charge in [-0.3, -0.25) is 9.98 Å². The largest absolute Gasteiger partial charge is 0.374 e. The average molecular weight is 391 g/mol. The van der Waals surface area contributed by atoms with E-state index in [9.17, 15) is 0 Å². The number of hydrogen-bond acceptors (Lipinski definition) is 4. The van der Waals surface area contributed by atoms with Crippen LogP contribution in [0.4, 0.5) is 0 Å². The van der Waals surface area contributed by atoms with Crippen molar-refractivity contribution in [1.29, 1.82) is 0 Å². The summed E-state index contributed by atoms with van der Waals surface area (Å²) in [5, 5.41) is 7.04. The molecule has 0 bridgehead atoms. The van der Waals surface area contributed by atoms with E-state index in [0.717, 1.165) is 26.2 Å². The van der Waals surface area contributed by atoms with Gasteiger partial charge in [0.15, 0.2) is 0 Å². The zero-order valence-electron chi connectivity index (χ0n) is 18.5. The van der Waals surface area contributed by atoms with Crippen LogP contribution in [0.1, 0.15) is 116 Å². The minimum Gasteiger partial charge on any atom is -0.374 e. The zero-order valence-corrected chi connectivity index (χ0v) is 18.5. The molecule has 0 aliphatic carbocycles. The zero-order chi connectivity index (χ0) is 19.5. The van der Waals surface area contributed by atoms with Crippen LogP contribution in [0.5, 0.6) is 0 Å². The molecule has 4 nitrogen and oxygen atoms in total. The highest BCUT2D eigenvalue weighted by Crippen LogP contribution is 2.13. The monoisotopic (exact) mass is 390 g/mol. The van der Waals surface area contributed by atoms with Gasteiger partial charge in [-0.2, -0.15) is 0 Å². The van der Waals surface area contributed by atoms with Gasteiger partial charge in [-0.15, -0.1) is 0 Å². The lowest BCUT2D eigenvalue weighted by Gasteiger charge is -2.13. The minimum atomic E-state index is 1.03. The Labute approximate surface area is 174 Å². The highest BCUT2D eigenvalue weighted by Gasteiger charge is 2.03. The number of nitrogens with zero attached hydrogens (tertiary/aromatic N) is 2. The second-order valence-electron chi connectivity index (χ2n) is 8.67.